The van der Waals surface area contributed by atoms with Crippen LogP contribution < -0.4 is 5.32 Å². The summed E-state index contributed by atoms with van der Waals surface area (Å²) in [6.45, 7) is 6.80. The zero-order valence-electron chi connectivity index (χ0n) is 9.40. The summed E-state index contributed by atoms with van der Waals surface area (Å²) in [5.41, 5.74) is 0. The molecule has 0 fully saturated rings. The molecule has 1 unspecified atom stereocenters. The molecule has 0 aliphatic heterocycles. The first-order valence-corrected chi connectivity index (χ1v) is 7.17. The third-order valence-corrected chi connectivity index (χ3v) is 4.23. The molecule has 0 spiro atoms. The van der Waals surface area contributed by atoms with Gasteiger partial charge in [0.15, 0.2) is 0 Å². The summed E-state index contributed by atoms with van der Waals surface area (Å²) in [5.74, 6) is 2.10. The first-order valence-electron chi connectivity index (χ1n) is 5.19. The summed E-state index contributed by atoms with van der Waals surface area (Å²) < 4.78 is 0. The maximum absolute atomic E-state index is 8.73. The second kappa shape index (κ2) is 7.50. The summed E-state index contributed by atoms with van der Waals surface area (Å²) in [6.07, 6.45) is 1.92. The van der Waals surface area contributed by atoms with Crippen LogP contribution in [0.1, 0.15) is 22.7 Å². The van der Waals surface area contributed by atoms with Crippen LogP contribution in [0, 0.1) is 11.3 Å². The third kappa shape index (κ3) is 4.40. The molecule has 0 saturated heterocycles. The van der Waals surface area contributed by atoms with Crippen molar-refractivity contribution in [2.24, 2.45) is 0 Å². The van der Waals surface area contributed by atoms with Crippen LogP contribution in [0.5, 0.6) is 0 Å². The summed E-state index contributed by atoms with van der Waals surface area (Å²) >= 11 is 3.43. The van der Waals surface area contributed by atoms with Crippen molar-refractivity contribution in [1.29, 1.82) is 5.26 Å². The maximum atomic E-state index is 8.73. The number of rotatable bonds is 7. The van der Waals surface area contributed by atoms with Crippen molar-refractivity contribution >= 4 is 23.1 Å². The third-order valence-electron chi connectivity index (χ3n) is 2.10. The highest BCUT2D eigenvalue weighted by atomic mass is 32.2. The van der Waals surface area contributed by atoms with E-state index in [1.165, 1.54) is 4.88 Å². The molecule has 0 radical (unpaired) electrons. The summed E-state index contributed by atoms with van der Waals surface area (Å²) in [4.78, 5) is 2.01. The maximum Gasteiger partial charge on any atom is 0.110 e. The molecular formula is C12H16N2S2. The highest BCUT2D eigenvalue weighted by molar-refractivity contribution is 7.99. The lowest BCUT2D eigenvalue weighted by Gasteiger charge is -2.11. The minimum Gasteiger partial charge on any atom is -0.309 e. The minimum absolute atomic E-state index is 0.330. The van der Waals surface area contributed by atoms with E-state index < -0.39 is 0 Å². The smallest absolute Gasteiger partial charge is 0.110 e. The zero-order chi connectivity index (χ0) is 11.8. The number of hydrogen-bond acceptors (Lipinski definition) is 4. The lowest BCUT2D eigenvalue weighted by molar-refractivity contribution is 0.610. The van der Waals surface area contributed by atoms with Crippen molar-refractivity contribution in [3.63, 3.8) is 0 Å². The Balaban J connectivity index is 2.27. The predicted octanol–water partition coefficient (Wildman–Crippen LogP) is 3.19. The van der Waals surface area contributed by atoms with Gasteiger partial charge in [0.05, 0.1) is 0 Å². The van der Waals surface area contributed by atoms with E-state index in [0.29, 0.717) is 6.04 Å². The van der Waals surface area contributed by atoms with E-state index >= 15 is 0 Å². The molecule has 1 aromatic rings. The largest absolute Gasteiger partial charge is 0.309 e. The van der Waals surface area contributed by atoms with Gasteiger partial charge in [-0.15, -0.1) is 17.9 Å². The average Bonchev–Trinajstić information content (AvgIpc) is 2.77. The molecule has 86 valence electrons. The van der Waals surface area contributed by atoms with Crippen LogP contribution in [0.2, 0.25) is 0 Å². The Labute approximate surface area is 105 Å². The van der Waals surface area contributed by atoms with Gasteiger partial charge in [-0.25, -0.2) is 0 Å². The topological polar surface area (TPSA) is 35.8 Å². The zero-order valence-corrected chi connectivity index (χ0v) is 11.0. The second-order valence-electron chi connectivity index (χ2n) is 3.35. The Morgan fingerprint density at radius 1 is 1.69 bits per heavy atom. The van der Waals surface area contributed by atoms with Gasteiger partial charge in [0.25, 0.3) is 0 Å². The minimum atomic E-state index is 0.330. The van der Waals surface area contributed by atoms with Gasteiger partial charge in [-0.05, 0) is 19.1 Å². The molecule has 0 aliphatic carbocycles. The Kier molecular flexibility index (Phi) is 6.24. The molecule has 1 aromatic heterocycles. The van der Waals surface area contributed by atoms with E-state index in [1.54, 1.807) is 11.3 Å². The summed E-state index contributed by atoms with van der Waals surface area (Å²) in [6, 6.07) is 6.40. The molecular weight excluding hydrogens is 236 g/mol. The van der Waals surface area contributed by atoms with Gasteiger partial charge in [0.2, 0.25) is 0 Å². The van der Waals surface area contributed by atoms with Gasteiger partial charge < -0.3 is 5.32 Å². The van der Waals surface area contributed by atoms with Crippen LogP contribution in [0.3, 0.4) is 0 Å². The molecule has 0 amide bonds. The summed E-state index contributed by atoms with van der Waals surface area (Å²) in [7, 11) is 0. The molecule has 1 rings (SSSR count). The van der Waals surface area contributed by atoms with Crippen LogP contribution >= 0.6 is 23.1 Å². The van der Waals surface area contributed by atoms with Crippen LogP contribution in [0.25, 0.3) is 0 Å². The summed E-state index contributed by atoms with van der Waals surface area (Å²) in [5, 5.41) is 12.2. The molecule has 0 saturated carbocycles. The Hall–Kier alpha value is -0.760. The molecule has 1 N–H and O–H groups in total. The van der Waals surface area contributed by atoms with E-state index in [4.69, 9.17) is 5.26 Å². The number of thioether (sulfide) groups is 1. The highest BCUT2D eigenvalue weighted by Crippen LogP contribution is 2.22. The first-order chi connectivity index (χ1) is 7.77. The average molecular weight is 252 g/mol. The van der Waals surface area contributed by atoms with Crippen molar-refractivity contribution in [3.05, 3.63) is 34.5 Å². The molecule has 4 heteroatoms. The molecule has 0 aliphatic rings. The van der Waals surface area contributed by atoms with Crippen LogP contribution in [0.4, 0.5) is 0 Å². The van der Waals surface area contributed by atoms with Crippen molar-refractivity contribution in [2.45, 2.75) is 13.0 Å². The first kappa shape index (κ1) is 13.3. The van der Waals surface area contributed by atoms with Crippen LogP contribution in [-0.2, 0) is 0 Å². The standard InChI is InChI=1S/C12H16N2S2/c1-3-7-15-8-6-14-10(2)12-5-4-11(9-13)16-12/h3-5,10,14H,1,6-8H2,2H3. The number of thiophene rings is 1. The van der Waals surface area contributed by atoms with Crippen molar-refractivity contribution in [2.75, 3.05) is 18.1 Å². The van der Waals surface area contributed by atoms with Gasteiger partial charge in [0.1, 0.15) is 10.9 Å². The fraction of sp³-hybridized carbons (Fsp3) is 0.417. The van der Waals surface area contributed by atoms with Gasteiger partial charge in [-0.3, -0.25) is 0 Å². The predicted molar refractivity (Wildman–Crippen MR) is 73.0 cm³/mol. The van der Waals surface area contributed by atoms with E-state index in [-0.39, 0.29) is 0 Å². The van der Waals surface area contributed by atoms with Gasteiger partial charge in [-0.1, -0.05) is 6.08 Å². The molecule has 0 aromatic carbocycles. The monoisotopic (exact) mass is 252 g/mol. The Morgan fingerprint density at radius 3 is 3.12 bits per heavy atom. The van der Waals surface area contributed by atoms with Crippen LogP contribution in [-0.4, -0.2) is 18.1 Å². The van der Waals surface area contributed by atoms with Gasteiger partial charge in [0, 0.05) is 29.0 Å². The quantitative estimate of drug-likeness (QED) is 0.598. The number of nitriles is 1. The second-order valence-corrected chi connectivity index (χ2v) is 5.62. The molecule has 1 atom stereocenters. The normalized spacial score (nSPS) is 12.0. The number of nitrogens with zero attached hydrogens (tertiary/aromatic N) is 1. The number of nitrogens with one attached hydrogen (secondary N) is 1. The lowest BCUT2D eigenvalue weighted by Crippen LogP contribution is -2.20. The van der Waals surface area contributed by atoms with E-state index in [1.807, 2.05) is 30.0 Å². The Morgan fingerprint density at radius 2 is 2.50 bits per heavy atom. The fourth-order valence-corrected chi connectivity index (χ4v) is 2.69. The van der Waals surface area contributed by atoms with E-state index in [0.717, 1.165) is 22.9 Å². The Bertz CT molecular complexity index is 365. The van der Waals surface area contributed by atoms with Crippen molar-refractivity contribution in [3.8, 4) is 6.07 Å². The van der Waals surface area contributed by atoms with Crippen LogP contribution in [0.15, 0.2) is 24.8 Å². The SMILES string of the molecule is C=CCSCCNC(C)c1ccc(C#N)s1. The highest BCUT2D eigenvalue weighted by Gasteiger charge is 2.07. The van der Waals surface area contributed by atoms with Gasteiger partial charge >= 0.3 is 0 Å². The van der Waals surface area contributed by atoms with Gasteiger partial charge in [-0.2, -0.15) is 17.0 Å². The van der Waals surface area contributed by atoms with E-state index in [9.17, 15) is 0 Å². The molecule has 2 nitrogen and oxygen atoms in total. The molecule has 1 heterocycles. The molecule has 16 heavy (non-hydrogen) atoms. The molecule has 0 bridgehead atoms. The fourth-order valence-electron chi connectivity index (χ4n) is 1.26. The van der Waals surface area contributed by atoms with E-state index in [2.05, 4.69) is 24.9 Å². The lowest BCUT2D eigenvalue weighted by atomic mass is 10.3. The number of hydrogen-bond donors (Lipinski definition) is 1. The van der Waals surface area contributed by atoms with Crippen molar-refractivity contribution in [1.82, 2.24) is 5.32 Å². The van der Waals surface area contributed by atoms with Crippen molar-refractivity contribution < 1.29 is 0 Å².